The minimum absolute atomic E-state index is 0.0179. The number of primary amides is 1. The fraction of sp³-hybridized carbons (Fsp3) is 0.348. The third kappa shape index (κ3) is 5.01. The van der Waals surface area contributed by atoms with E-state index in [0.717, 1.165) is 31.6 Å². The molecule has 2 aliphatic heterocycles. The highest BCUT2D eigenvalue weighted by atomic mass is 35.5. The molecule has 0 radical (unpaired) electrons. The number of fused-ring (bicyclic) bond motifs is 2. The first-order chi connectivity index (χ1) is 17.3. The Labute approximate surface area is 215 Å². The Hall–Kier alpha value is -3.22. The molecule has 3 aromatic rings. The van der Waals surface area contributed by atoms with E-state index in [1.54, 1.807) is 23.6 Å². The molecule has 1 aromatic carbocycles. The van der Waals surface area contributed by atoms with Crippen molar-refractivity contribution in [3.63, 3.8) is 0 Å². The minimum Gasteiger partial charge on any atom is -0.433 e. The molecule has 2 saturated heterocycles. The van der Waals surface area contributed by atoms with Crippen molar-refractivity contribution in [2.45, 2.75) is 31.5 Å². The van der Waals surface area contributed by atoms with Gasteiger partial charge in [-0.2, -0.15) is 13.8 Å². The van der Waals surface area contributed by atoms with Crippen molar-refractivity contribution < 1.29 is 18.3 Å². The summed E-state index contributed by atoms with van der Waals surface area (Å²) in [4.78, 5) is 25.0. The van der Waals surface area contributed by atoms with E-state index in [2.05, 4.69) is 37.4 Å². The molecule has 0 aliphatic carbocycles. The predicted molar refractivity (Wildman–Crippen MR) is 136 cm³/mol. The van der Waals surface area contributed by atoms with Crippen molar-refractivity contribution in [2.75, 3.05) is 35.7 Å². The molecule has 5 rings (SSSR count). The van der Waals surface area contributed by atoms with Gasteiger partial charge in [0.1, 0.15) is 9.90 Å². The Balaban J connectivity index is 1.39. The molecule has 0 spiro atoms. The second-order valence-electron chi connectivity index (χ2n) is 8.68. The monoisotopic (exact) mass is 535 g/mol. The van der Waals surface area contributed by atoms with Crippen molar-refractivity contribution in [1.29, 1.82) is 0 Å². The number of nitrogens with one attached hydrogen (secondary N) is 2. The summed E-state index contributed by atoms with van der Waals surface area (Å²) in [5.41, 5.74) is 6.95. The molecule has 2 unspecified atom stereocenters. The van der Waals surface area contributed by atoms with Crippen LogP contribution in [-0.4, -0.2) is 59.6 Å². The number of carbonyl (C=O) groups is 1. The van der Waals surface area contributed by atoms with Gasteiger partial charge < -0.3 is 26.0 Å². The number of aromatic nitrogens is 2. The highest BCUT2D eigenvalue weighted by molar-refractivity contribution is 7.12. The Morgan fingerprint density at radius 3 is 2.67 bits per heavy atom. The van der Waals surface area contributed by atoms with E-state index in [1.165, 1.54) is 17.5 Å². The van der Waals surface area contributed by atoms with Crippen LogP contribution in [-0.2, 0) is 0 Å². The second-order valence-corrected chi connectivity index (χ2v) is 10.0. The van der Waals surface area contributed by atoms with Crippen LogP contribution in [0.4, 0.5) is 37.6 Å². The van der Waals surface area contributed by atoms with E-state index in [1.807, 2.05) is 6.07 Å². The average molecular weight is 536 g/mol. The molecule has 2 aliphatic rings. The van der Waals surface area contributed by atoms with Crippen LogP contribution in [0.5, 0.6) is 5.75 Å². The summed E-state index contributed by atoms with van der Waals surface area (Å²) in [6, 6.07) is 7.72. The predicted octanol–water partition coefficient (Wildman–Crippen LogP) is 4.66. The number of nitrogens with zero attached hydrogens (tertiary/aromatic N) is 4. The largest absolute Gasteiger partial charge is 0.433 e. The Kier molecular flexibility index (Phi) is 6.82. The molecule has 13 heteroatoms. The molecular weight excluding hydrogens is 512 g/mol. The van der Waals surface area contributed by atoms with Crippen LogP contribution in [0.3, 0.4) is 0 Å². The van der Waals surface area contributed by atoms with Crippen LogP contribution in [0.25, 0.3) is 0 Å². The molecule has 4 N–H and O–H groups in total. The first kappa shape index (κ1) is 24.5. The maximum atomic E-state index is 13.3. The van der Waals surface area contributed by atoms with Gasteiger partial charge >= 0.3 is 6.61 Å². The number of likely N-dealkylation sites (N-methyl/N-ethyl adjacent to an activating group) is 1. The number of ether oxygens (including phenoxy) is 1. The zero-order valence-corrected chi connectivity index (χ0v) is 20.8. The van der Waals surface area contributed by atoms with Gasteiger partial charge in [0, 0.05) is 36.9 Å². The van der Waals surface area contributed by atoms with Crippen LogP contribution in [0.1, 0.15) is 22.5 Å². The number of piperazine rings is 1. The lowest BCUT2D eigenvalue weighted by Gasteiger charge is -2.40. The normalized spacial score (nSPS) is 19.5. The van der Waals surface area contributed by atoms with Gasteiger partial charge in [0.25, 0.3) is 5.91 Å². The topological polar surface area (TPSA) is 109 Å². The first-order valence-corrected chi connectivity index (χ1v) is 12.5. The molecule has 2 aromatic heterocycles. The van der Waals surface area contributed by atoms with Crippen LogP contribution in [0.15, 0.2) is 35.8 Å². The Morgan fingerprint density at radius 2 is 1.97 bits per heavy atom. The first-order valence-electron chi connectivity index (χ1n) is 11.3. The van der Waals surface area contributed by atoms with Gasteiger partial charge in [0.05, 0.1) is 17.6 Å². The summed E-state index contributed by atoms with van der Waals surface area (Å²) in [5.74, 6) is -0.285. The van der Waals surface area contributed by atoms with Gasteiger partial charge in [-0.25, -0.2) is 4.98 Å². The number of amides is 1. The molecule has 2 bridgehead atoms. The van der Waals surface area contributed by atoms with Gasteiger partial charge in [-0.05, 0) is 43.5 Å². The SMILES string of the molecule is CN1C2CCC1CN(c1ccc(Nc3ncc(Cl)c(Nc4ccsc4C(N)=O)n3)c(OC(F)F)c1)C2. The summed E-state index contributed by atoms with van der Waals surface area (Å²) in [6.45, 7) is -1.34. The van der Waals surface area contributed by atoms with E-state index in [-0.39, 0.29) is 28.2 Å². The van der Waals surface area contributed by atoms with E-state index in [4.69, 9.17) is 22.1 Å². The number of halogens is 3. The number of hydrogen-bond donors (Lipinski definition) is 3. The third-order valence-corrected chi connectivity index (χ3v) is 7.73. The molecule has 2 fully saturated rings. The van der Waals surface area contributed by atoms with E-state index in [9.17, 15) is 13.6 Å². The number of carbonyl (C=O) groups excluding carboxylic acids is 1. The molecule has 4 heterocycles. The molecule has 190 valence electrons. The third-order valence-electron chi connectivity index (χ3n) is 6.53. The van der Waals surface area contributed by atoms with Crippen LogP contribution >= 0.6 is 22.9 Å². The quantitative estimate of drug-likeness (QED) is 0.382. The van der Waals surface area contributed by atoms with Crippen molar-refractivity contribution in [1.82, 2.24) is 14.9 Å². The molecule has 0 saturated carbocycles. The van der Waals surface area contributed by atoms with Crippen LogP contribution in [0, 0.1) is 0 Å². The van der Waals surface area contributed by atoms with Crippen molar-refractivity contribution in [3.8, 4) is 5.75 Å². The molecule has 36 heavy (non-hydrogen) atoms. The van der Waals surface area contributed by atoms with Crippen molar-refractivity contribution >= 4 is 57.7 Å². The Bertz CT molecular complexity index is 1260. The zero-order valence-electron chi connectivity index (χ0n) is 19.2. The lowest BCUT2D eigenvalue weighted by atomic mass is 10.1. The van der Waals surface area contributed by atoms with Gasteiger partial charge in [-0.3, -0.25) is 9.69 Å². The summed E-state index contributed by atoms with van der Waals surface area (Å²) in [7, 11) is 2.14. The maximum absolute atomic E-state index is 13.3. The van der Waals surface area contributed by atoms with E-state index < -0.39 is 12.5 Å². The fourth-order valence-corrected chi connectivity index (χ4v) is 5.53. The minimum atomic E-state index is -3.00. The molecular formula is C23H24ClF2N7O2S. The van der Waals surface area contributed by atoms with E-state index >= 15 is 0 Å². The number of nitrogens with two attached hydrogens (primary N) is 1. The number of benzene rings is 1. The molecule has 2 atom stereocenters. The number of thiophene rings is 1. The summed E-state index contributed by atoms with van der Waals surface area (Å²) in [5, 5.41) is 7.81. The van der Waals surface area contributed by atoms with Gasteiger partial charge in [0.2, 0.25) is 5.95 Å². The summed E-state index contributed by atoms with van der Waals surface area (Å²) < 4.78 is 31.4. The second kappa shape index (κ2) is 10.0. The number of rotatable bonds is 8. The number of alkyl halides is 2. The standard InChI is InChI=1S/C23H24ClF2N7O2S/c1-32-13-2-3-14(32)11-33(10-13)12-4-5-16(18(8-12)35-22(25)26)30-23-28-9-15(24)21(31-23)29-17-6-7-36-19(17)20(27)34/h4-9,13-14,22H,2-3,10-11H2,1H3,(H2,27,34)(H2,28,29,30,31). The molecule has 9 nitrogen and oxygen atoms in total. The fourth-order valence-electron chi connectivity index (χ4n) is 4.69. The number of hydrogen-bond acceptors (Lipinski definition) is 9. The zero-order chi connectivity index (χ0) is 25.4. The van der Waals surface area contributed by atoms with Crippen LogP contribution < -0.4 is 26.0 Å². The Morgan fingerprint density at radius 1 is 1.22 bits per heavy atom. The highest BCUT2D eigenvalue weighted by Crippen LogP contribution is 2.37. The lowest BCUT2D eigenvalue weighted by molar-refractivity contribution is -0.0493. The van der Waals surface area contributed by atoms with Crippen LogP contribution in [0.2, 0.25) is 5.02 Å². The van der Waals surface area contributed by atoms with Gasteiger partial charge in [-0.1, -0.05) is 11.6 Å². The number of anilines is 5. The highest BCUT2D eigenvalue weighted by Gasteiger charge is 2.37. The average Bonchev–Trinajstić information content (AvgIpc) is 3.36. The maximum Gasteiger partial charge on any atom is 0.387 e. The summed E-state index contributed by atoms with van der Waals surface area (Å²) in [6.07, 6.45) is 3.63. The van der Waals surface area contributed by atoms with Gasteiger partial charge in [0.15, 0.2) is 11.6 Å². The van der Waals surface area contributed by atoms with Gasteiger partial charge in [-0.15, -0.1) is 11.3 Å². The smallest absolute Gasteiger partial charge is 0.387 e. The van der Waals surface area contributed by atoms with Crippen molar-refractivity contribution in [3.05, 3.63) is 45.7 Å². The lowest BCUT2D eigenvalue weighted by Crippen LogP contribution is -2.52. The summed E-state index contributed by atoms with van der Waals surface area (Å²) >= 11 is 7.41. The molecule has 1 amide bonds. The van der Waals surface area contributed by atoms with E-state index in [0.29, 0.717) is 22.6 Å². The van der Waals surface area contributed by atoms with Crippen molar-refractivity contribution in [2.24, 2.45) is 5.73 Å².